The number of ether oxygens (including phenoxy) is 1. The van der Waals surface area contributed by atoms with Crippen molar-refractivity contribution in [1.29, 1.82) is 0 Å². The van der Waals surface area contributed by atoms with Gasteiger partial charge in [0.1, 0.15) is 5.60 Å². The second-order valence-corrected chi connectivity index (χ2v) is 7.80. The summed E-state index contributed by atoms with van der Waals surface area (Å²) in [7, 11) is 0. The second-order valence-electron chi connectivity index (χ2n) is 7.80. The summed E-state index contributed by atoms with van der Waals surface area (Å²) in [4.78, 5) is 21.1. The number of piperidine rings is 1. The molecule has 138 valence electrons. The molecular weight excluding hydrogens is 304 g/mol. The molecule has 0 saturated carbocycles. The van der Waals surface area contributed by atoms with Crippen LogP contribution in [0.15, 0.2) is 4.99 Å². The van der Waals surface area contributed by atoms with Crippen molar-refractivity contribution < 1.29 is 9.53 Å². The molecule has 0 aromatic heterocycles. The number of guanidine groups is 1. The largest absolute Gasteiger partial charge is 0.444 e. The molecule has 6 heteroatoms. The average Bonchev–Trinajstić information content (AvgIpc) is 3.04. The van der Waals surface area contributed by atoms with E-state index in [9.17, 15) is 4.79 Å². The Morgan fingerprint density at radius 2 is 1.75 bits per heavy atom. The fourth-order valence-corrected chi connectivity index (χ4v) is 3.19. The summed E-state index contributed by atoms with van der Waals surface area (Å²) < 4.78 is 5.45. The van der Waals surface area contributed by atoms with Crippen molar-refractivity contribution >= 4 is 12.1 Å². The Kier molecular flexibility index (Phi) is 6.75. The van der Waals surface area contributed by atoms with Crippen molar-refractivity contribution in [3.63, 3.8) is 0 Å². The second kappa shape index (κ2) is 8.58. The fraction of sp³-hybridized carbons (Fsp3) is 0.889. The van der Waals surface area contributed by atoms with Crippen LogP contribution < -0.4 is 5.32 Å². The van der Waals surface area contributed by atoms with Gasteiger partial charge in [0.2, 0.25) is 0 Å². The van der Waals surface area contributed by atoms with Crippen LogP contribution in [-0.4, -0.2) is 66.7 Å². The van der Waals surface area contributed by atoms with Gasteiger partial charge in [-0.2, -0.15) is 0 Å². The summed E-state index contributed by atoms with van der Waals surface area (Å²) in [5, 5.41) is 3.41. The standard InChI is InChI=1S/C18H34N4O2/c1-5-19-16(21-10-6-7-11-21)20-14-15-8-12-22(13-9-15)17(23)24-18(2,3)4/h15H,5-14H2,1-4H3,(H,19,20). The zero-order valence-corrected chi connectivity index (χ0v) is 15.8. The Morgan fingerprint density at radius 1 is 1.12 bits per heavy atom. The average molecular weight is 338 g/mol. The van der Waals surface area contributed by atoms with Gasteiger partial charge in [-0.05, 0) is 59.3 Å². The van der Waals surface area contributed by atoms with Crippen LogP contribution in [0.2, 0.25) is 0 Å². The van der Waals surface area contributed by atoms with E-state index in [0.29, 0.717) is 5.92 Å². The third kappa shape index (κ3) is 5.87. The molecule has 2 aliphatic heterocycles. The third-order valence-corrected chi connectivity index (χ3v) is 4.51. The fourth-order valence-electron chi connectivity index (χ4n) is 3.19. The first-order chi connectivity index (χ1) is 11.4. The molecule has 1 amide bonds. The van der Waals surface area contributed by atoms with E-state index in [2.05, 4.69) is 17.1 Å². The molecule has 0 radical (unpaired) electrons. The Balaban J connectivity index is 1.79. The van der Waals surface area contributed by atoms with Crippen molar-refractivity contribution in [2.45, 2.75) is 59.0 Å². The molecule has 0 bridgehead atoms. The molecule has 0 aliphatic carbocycles. The van der Waals surface area contributed by atoms with Gasteiger partial charge in [0, 0.05) is 39.3 Å². The van der Waals surface area contributed by atoms with E-state index in [-0.39, 0.29) is 6.09 Å². The van der Waals surface area contributed by atoms with E-state index in [1.54, 1.807) is 0 Å². The van der Waals surface area contributed by atoms with Crippen molar-refractivity contribution in [3.05, 3.63) is 0 Å². The molecule has 0 spiro atoms. The van der Waals surface area contributed by atoms with Crippen molar-refractivity contribution in [3.8, 4) is 0 Å². The highest BCUT2D eigenvalue weighted by atomic mass is 16.6. The summed E-state index contributed by atoms with van der Waals surface area (Å²) in [5.74, 6) is 1.62. The van der Waals surface area contributed by atoms with Crippen LogP contribution in [0.25, 0.3) is 0 Å². The topological polar surface area (TPSA) is 57.2 Å². The lowest BCUT2D eigenvalue weighted by molar-refractivity contribution is 0.0187. The maximum Gasteiger partial charge on any atom is 0.410 e. The molecule has 0 aromatic carbocycles. The Bertz CT molecular complexity index is 431. The van der Waals surface area contributed by atoms with Gasteiger partial charge in [0.05, 0.1) is 0 Å². The van der Waals surface area contributed by atoms with Crippen molar-refractivity contribution in [2.75, 3.05) is 39.3 Å². The van der Waals surface area contributed by atoms with Gasteiger partial charge in [-0.25, -0.2) is 4.79 Å². The van der Waals surface area contributed by atoms with Gasteiger partial charge in [-0.15, -0.1) is 0 Å². The number of hydrogen-bond donors (Lipinski definition) is 1. The zero-order valence-electron chi connectivity index (χ0n) is 15.8. The molecule has 2 saturated heterocycles. The van der Waals surface area contributed by atoms with Crippen LogP contribution >= 0.6 is 0 Å². The molecule has 0 unspecified atom stereocenters. The quantitative estimate of drug-likeness (QED) is 0.635. The highest BCUT2D eigenvalue weighted by Crippen LogP contribution is 2.20. The third-order valence-electron chi connectivity index (χ3n) is 4.51. The SMILES string of the molecule is CCNC(=NCC1CCN(C(=O)OC(C)(C)C)CC1)N1CCCC1. The van der Waals surface area contributed by atoms with E-state index < -0.39 is 5.60 Å². The number of aliphatic imine (C=N–C) groups is 1. The van der Waals surface area contributed by atoms with Gasteiger partial charge in [0.25, 0.3) is 0 Å². The number of carbonyl (C=O) groups is 1. The maximum atomic E-state index is 12.1. The number of hydrogen-bond acceptors (Lipinski definition) is 3. The highest BCUT2D eigenvalue weighted by Gasteiger charge is 2.27. The summed E-state index contributed by atoms with van der Waals surface area (Å²) in [6.07, 6.45) is 4.34. The van der Waals surface area contributed by atoms with E-state index in [4.69, 9.17) is 9.73 Å². The van der Waals surface area contributed by atoms with Crippen LogP contribution in [0.3, 0.4) is 0 Å². The number of amides is 1. The molecule has 6 nitrogen and oxygen atoms in total. The molecule has 2 fully saturated rings. The summed E-state index contributed by atoms with van der Waals surface area (Å²) in [6, 6.07) is 0. The maximum absolute atomic E-state index is 12.1. The molecule has 0 atom stereocenters. The summed E-state index contributed by atoms with van der Waals surface area (Å²) in [6.45, 7) is 13.4. The molecule has 24 heavy (non-hydrogen) atoms. The predicted molar refractivity (Wildman–Crippen MR) is 97.3 cm³/mol. The Hall–Kier alpha value is -1.46. The molecule has 1 N–H and O–H groups in total. The lowest BCUT2D eigenvalue weighted by Crippen LogP contribution is -2.43. The van der Waals surface area contributed by atoms with E-state index in [1.807, 2.05) is 25.7 Å². The number of nitrogens with zero attached hydrogens (tertiary/aromatic N) is 3. The lowest BCUT2D eigenvalue weighted by atomic mass is 9.97. The molecular formula is C18H34N4O2. The predicted octanol–water partition coefficient (Wildman–Crippen LogP) is 2.69. The van der Waals surface area contributed by atoms with Crippen LogP contribution in [0.4, 0.5) is 4.79 Å². The lowest BCUT2D eigenvalue weighted by Gasteiger charge is -2.33. The monoisotopic (exact) mass is 338 g/mol. The van der Waals surface area contributed by atoms with Crippen LogP contribution in [0.5, 0.6) is 0 Å². The summed E-state index contributed by atoms with van der Waals surface area (Å²) >= 11 is 0. The van der Waals surface area contributed by atoms with Crippen LogP contribution in [-0.2, 0) is 4.74 Å². The normalized spacial score (nSPS) is 20.4. The van der Waals surface area contributed by atoms with Crippen molar-refractivity contribution in [2.24, 2.45) is 10.9 Å². The van der Waals surface area contributed by atoms with Gasteiger partial charge < -0.3 is 19.9 Å². The minimum absolute atomic E-state index is 0.185. The minimum Gasteiger partial charge on any atom is -0.444 e. The van der Waals surface area contributed by atoms with E-state index in [0.717, 1.165) is 58.1 Å². The summed E-state index contributed by atoms with van der Waals surface area (Å²) in [5.41, 5.74) is -0.422. The number of carbonyl (C=O) groups excluding carboxylic acids is 1. The number of nitrogens with one attached hydrogen (secondary N) is 1. The van der Waals surface area contributed by atoms with Gasteiger partial charge in [0.15, 0.2) is 5.96 Å². The van der Waals surface area contributed by atoms with Gasteiger partial charge in [-0.3, -0.25) is 4.99 Å². The first kappa shape index (κ1) is 18.9. The Labute approximate surface area is 146 Å². The first-order valence-corrected chi connectivity index (χ1v) is 9.40. The van der Waals surface area contributed by atoms with Gasteiger partial charge in [-0.1, -0.05) is 0 Å². The molecule has 2 aliphatic rings. The molecule has 0 aromatic rings. The van der Waals surface area contributed by atoms with E-state index in [1.165, 1.54) is 12.8 Å². The van der Waals surface area contributed by atoms with Crippen LogP contribution in [0.1, 0.15) is 53.4 Å². The minimum atomic E-state index is -0.422. The first-order valence-electron chi connectivity index (χ1n) is 9.40. The van der Waals surface area contributed by atoms with Gasteiger partial charge >= 0.3 is 6.09 Å². The van der Waals surface area contributed by atoms with Crippen molar-refractivity contribution in [1.82, 2.24) is 15.1 Å². The van der Waals surface area contributed by atoms with Crippen LogP contribution in [0, 0.1) is 5.92 Å². The highest BCUT2D eigenvalue weighted by molar-refractivity contribution is 5.80. The molecule has 2 rings (SSSR count). The smallest absolute Gasteiger partial charge is 0.410 e. The zero-order chi connectivity index (χ0) is 17.6. The number of rotatable bonds is 3. The Morgan fingerprint density at radius 3 is 2.29 bits per heavy atom. The number of likely N-dealkylation sites (tertiary alicyclic amines) is 2. The van der Waals surface area contributed by atoms with E-state index >= 15 is 0 Å². The molecule has 2 heterocycles.